The lowest BCUT2D eigenvalue weighted by molar-refractivity contribution is -0.385. The Bertz CT molecular complexity index is 1120. The Labute approximate surface area is 187 Å². The van der Waals surface area contributed by atoms with Crippen molar-refractivity contribution in [2.45, 2.75) is 32.1 Å². The van der Waals surface area contributed by atoms with Crippen LogP contribution in [0.3, 0.4) is 0 Å². The van der Waals surface area contributed by atoms with Crippen LogP contribution >= 0.6 is 0 Å². The fourth-order valence-electron chi connectivity index (χ4n) is 3.59. The number of carbonyl (C=O) groups is 1. The van der Waals surface area contributed by atoms with Crippen molar-refractivity contribution >= 4 is 27.5 Å². The van der Waals surface area contributed by atoms with E-state index in [0.717, 1.165) is 6.07 Å². The topological polar surface area (TPSA) is 123 Å². The summed E-state index contributed by atoms with van der Waals surface area (Å²) < 4.78 is 33.0. The summed E-state index contributed by atoms with van der Waals surface area (Å²) >= 11 is 0. The number of hydrogen-bond donors (Lipinski definition) is 0. The molecule has 0 bridgehead atoms. The van der Waals surface area contributed by atoms with Gasteiger partial charge in [0.05, 0.1) is 22.0 Å². The number of aryl methyl sites for hydroxylation is 1. The summed E-state index contributed by atoms with van der Waals surface area (Å²) in [5.41, 5.74) is 1.17. The Balaban J connectivity index is 1.79. The van der Waals surface area contributed by atoms with E-state index in [1.165, 1.54) is 16.6 Å². The molecule has 0 atom stereocenters. The van der Waals surface area contributed by atoms with Gasteiger partial charge >= 0.3 is 5.97 Å². The molecule has 2 heterocycles. The van der Waals surface area contributed by atoms with Crippen molar-refractivity contribution in [2.24, 2.45) is 0 Å². The highest BCUT2D eigenvalue weighted by atomic mass is 32.2. The van der Waals surface area contributed by atoms with Crippen molar-refractivity contribution in [2.75, 3.05) is 37.7 Å². The summed E-state index contributed by atoms with van der Waals surface area (Å²) in [4.78, 5) is 28.7. The second-order valence-corrected chi connectivity index (χ2v) is 9.42. The van der Waals surface area contributed by atoms with Crippen LogP contribution in [-0.4, -0.2) is 61.4 Å². The summed E-state index contributed by atoms with van der Waals surface area (Å²) in [7, 11) is -3.90. The molecule has 0 N–H and O–H groups in total. The van der Waals surface area contributed by atoms with Gasteiger partial charge in [-0.1, -0.05) is 0 Å². The molecule has 0 radical (unpaired) electrons. The van der Waals surface area contributed by atoms with E-state index in [-0.39, 0.29) is 23.7 Å². The van der Waals surface area contributed by atoms with Crippen LogP contribution in [0.4, 0.5) is 11.5 Å². The van der Waals surface area contributed by atoms with Crippen LogP contribution in [0.5, 0.6) is 0 Å². The largest absolute Gasteiger partial charge is 0.462 e. The first-order valence-electron chi connectivity index (χ1n) is 10.3. The number of non-ortho nitro benzene ring substituents is 1. The second-order valence-electron chi connectivity index (χ2n) is 7.51. The van der Waals surface area contributed by atoms with E-state index in [0.29, 0.717) is 48.6 Å². The van der Waals surface area contributed by atoms with E-state index >= 15 is 0 Å². The average Bonchev–Trinajstić information content (AvgIpc) is 3.02. The number of rotatable bonds is 6. The molecule has 3 rings (SSSR count). The number of esters is 1. The van der Waals surface area contributed by atoms with E-state index in [9.17, 15) is 23.3 Å². The molecule has 2 aromatic rings. The minimum absolute atomic E-state index is 0.0328. The van der Waals surface area contributed by atoms with Gasteiger partial charge in [-0.3, -0.25) is 10.1 Å². The normalized spacial score (nSPS) is 15.3. The first-order chi connectivity index (χ1) is 15.1. The molecule has 1 aliphatic rings. The third-order valence-corrected chi connectivity index (χ3v) is 7.50. The minimum atomic E-state index is -3.90. The van der Waals surface area contributed by atoms with Gasteiger partial charge in [0.15, 0.2) is 0 Å². The predicted octanol–water partition coefficient (Wildman–Crippen LogP) is 2.68. The molecular weight excluding hydrogens is 436 g/mol. The second kappa shape index (κ2) is 9.61. The number of nitro groups is 1. The van der Waals surface area contributed by atoms with Crippen LogP contribution < -0.4 is 4.90 Å². The number of aromatic nitrogens is 1. The smallest absolute Gasteiger partial charge is 0.339 e. The van der Waals surface area contributed by atoms with Crippen LogP contribution in [-0.2, 0) is 14.8 Å². The van der Waals surface area contributed by atoms with Crippen LogP contribution in [0.25, 0.3) is 0 Å². The molecule has 0 saturated carbocycles. The summed E-state index contributed by atoms with van der Waals surface area (Å²) in [6.45, 7) is 6.82. The van der Waals surface area contributed by atoms with Crippen LogP contribution in [0.1, 0.15) is 34.8 Å². The zero-order chi connectivity index (χ0) is 23.5. The molecule has 1 aliphatic heterocycles. The van der Waals surface area contributed by atoms with Gasteiger partial charge in [-0.2, -0.15) is 4.31 Å². The number of hydrogen-bond acceptors (Lipinski definition) is 8. The van der Waals surface area contributed by atoms with Gasteiger partial charge in [0.1, 0.15) is 5.82 Å². The molecule has 172 valence electrons. The molecule has 32 heavy (non-hydrogen) atoms. The number of ether oxygens (including phenoxy) is 1. The molecule has 0 amide bonds. The maximum atomic E-state index is 13.3. The van der Waals surface area contributed by atoms with Gasteiger partial charge in [0.2, 0.25) is 10.0 Å². The van der Waals surface area contributed by atoms with E-state index in [4.69, 9.17) is 4.74 Å². The van der Waals surface area contributed by atoms with Crippen molar-refractivity contribution < 1.29 is 22.9 Å². The SMILES string of the molecule is CCOC(=O)c1ccc(N2CCCN(S(=O)(=O)c3cc([N+](=O)[O-])cc(C)c3C)CC2)nc1. The Kier molecular flexibility index (Phi) is 7.09. The lowest BCUT2D eigenvalue weighted by atomic mass is 10.1. The first kappa shape index (κ1) is 23.6. The lowest BCUT2D eigenvalue weighted by Gasteiger charge is -2.23. The summed E-state index contributed by atoms with van der Waals surface area (Å²) in [6.07, 6.45) is 2.01. The molecule has 10 nitrogen and oxygen atoms in total. The number of nitrogens with zero attached hydrogens (tertiary/aromatic N) is 4. The Morgan fingerprint density at radius 1 is 1.19 bits per heavy atom. The predicted molar refractivity (Wildman–Crippen MR) is 118 cm³/mol. The fourth-order valence-corrected chi connectivity index (χ4v) is 5.38. The Morgan fingerprint density at radius 2 is 1.94 bits per heavy atom. The fraction of sp³-hybridized carbons (Fsp3) is 0.429. The highest BCUT2D eigenvalue weighted by Crippen LogP contribution is 2.28. The number of nitro benzene ring substituents is 1. The highest BCUT2D eigenvalue weighted by molar-refractivity contribution is 7.89. The van der Waals surface area contributed by atoms with Gasteiger partial charge in [0.25, 0.3) is 5.69 Å². The molecule has 11 heteroatoms. The Hall–Kier alpha value is -3.05. The molecule has 0 aliphatic carbocycles. The van der Waals surface area contributed by atoms with Crippen molar-refractivity contribution in [3.63, 3.8) is 0 Å². The molecule has 0 unspecified atom stereocenters. The number of sulfonamides is 1. The van der Waals surface area contributed by atoms with Gasteiger partial charge in [-0.25, -0.2) is 18.2 Å². The van der Waals surface area contributed by atoms with Gasteiger partial charge in [-0.05, 0) is 50.5 Å². The third-order valence-electron chi connectivity index (χ3n) is 5.47. The van der Waals surface area contributed by atoms with Crippen molar-refractivity contribution in [3.05, 3.63) is 57.3 Å². The van der Waals surface area contributed by atoms with E-state index in [2.05, 4.69) is 4.98 Å². The molecule has 1 saturated heterocycles. The summed E-state index contributed by atoms with van der Waals surface area (Å²) in [6, 6.07) is 5.86. The minimum Gasteiger partial charge on any atom is -0.462 e. The molecule has 0 spiro atoms. The van der Waals surface area contributed by atoms with E-state index < -0.39 is 20.9 Å². The highest BCUT2D eigenvalue weighted by Gasteiger charge is 2.30. The van der Waals surface area contributed by atoms with E-state index in [1.54, 1.807) is 32.9 Å². The Morgan fingerprint density at radius 3 is 2.56 bits per heavy atom. The van der Waals surface area contributed by atoms with Gasteiger partial charge in [0, 0.05) is 44.5 Å². The van der Waals surface area contributed by atoms with Gasteiger partial charge in [-0.15, -0.1) is 0 Å². The van der Waals surface area contributed by atoms with Crippen LogP contribution in [0.15, 0.2) is 35.4 Å². The van der Waals surface area contributed by atoms with Crippen molar-refractivity contribution in [1.29, 1.82) is 0 Å². The number of pyridine rings is 1. The van der Waals surface area contributed by atoms with Crippen molar-refractivity contribution in [1.82, 2.24) is 9.29 Å². The summed E-state index contributed by atoms with van der Waals surface area (Å²) in [5, 5.41) is 11.2. The molecule has 1 fully saturated rings. The monoisotopic (exact) mass is 462 g/mol. The molecular formula is C21H26N4O6S. The van der Waals surface area contributed by atoms with Crippen LogP contribution in [0.2, 0.25) is 0 Å². The number of benzene rings is 1. The first-order valence-corrected chi connectivity index (χ1v) is 11.7. The molecule has 1 aromatic carbocycles. The maximum Gasteiger partial charge on any atom is 0.339 e. The average molecular weight is 463 g/mol. The molecule has 1 aromatic heterocycles. The number of carbonyl (C=O) groups excluding carboxylic acids is 1. The quantitative estimate of drug-likeness (QED) is 0.365. The standard InChI is InChI=1S/C21H26N4O6S/c1-4-31-21(26)17-6-7-20(22-14-17)23-8-5-9-24(11-10-23)32(29,30)19-13-18(25(27)28)12-15(2)16(19)3/h6-7,12-14H,4-5,8-11H2,1-3H3. The zero-order valence-electron chi connectivity index (χ0n) is 18.3. The van der Waals surface area contributed by atoms with Gasteiger partial charge < -0.3 is 9.64 Å². The van der Waals surface area contributed by atoms with E-state index in [1.807, 2.05) is 4.90 Å². The summed E-state index contributed by atoms with van der Waals surface area (Å²) in [5.74, 6) is 0.196. The third kappa shape index (κ3) is 4.89. The zero-order valence-corrected chi connectivity index (χ0v) is 19.1. The van der Waals surface area contributed by atoms with Crippen LogP contribution in [0, 0.1) is 24.0 Å². The maximum absolute atomic E-state index is 13.3. The van der Waals surface area contributed by atoms with Crippen molar-refractivity contribution in [3.8, 4) is 0 Å². The lowest BCUT2D eigenvalue weighted by Crippen LogP contribution is -2.35. The number of anilines is 1.